The minimum absolute atomic E-state index is 0.105. The molecule has 0 aliphatic heterocycles. The van der Waals surface area contributed by atoms with Crippen LogP contribution in [0, 0.1) is 0 Å². The zero-order chi connectivity index (χ0) is 22.5. The van der Waals surface area contributed by atoms with Crippen LogP contribution < -0.4 is 9.47 Å². The zero-order valence-corrected chi connectivity index (χ0v) is 19.0. The number of carbonyl (C=O) groups is 1. The summed E-state index contributed by atoms with van der Waals surface area (Å²) in [5.74, 6) is 2.54. The Balaban J connectivity index is 1.61. The van der Waals surface area contributed by atoms with Crippen molar-refractivity contribution in [3.05, 3.63) is 77.2 Å². The molecule has 4 rings (SSSR count). The summed E-state index contributed by atoms with van der Waals surface area (Å²) in [7, 11) is 3.09. The topological polar surface area (TPSA) is 79.4 Å². The van der Waals surface area contributed by atoms with Crippen LogP contribution in [0.15, 0.2) is 70.4 Å². The number of thioether (sulfide) groups is 1. The molecule has 0 aliphatic rings. The fraction of sp³-hybridized carbons (Fsp3) is 0.174. The maximum atomic E-state index is 13.0. The SMILES string of the molecule is COc1ccc(OC)c(C(=O)CSc2nnc(-c3ccc(Cl)cc3)n2Cc2ccco2)c1. The number of ether oxygens (including phenoxy) is 2. The van der Waals surface area contributed by atoms with Crippen molar-refractivity contribution in [2.24, 2.45) is 0 Å². The number of aromatic nitrogens is 3. The van der Waals surface area contributed by atoms with Gasteiger partial charge in [-0.2, -0.15) is 0 Å². The summed E-state index contributed by atoms with van der Waals surface area (Å²) in [5, 5.41) is 9.93. The van der Waals surface area contributed by atoms with Crippen molar-refractivity contribution in [2.75, 3.05) is 20.0 Å². The van der Waals surface area contributed by atoms with Gasteiger partial charge < -0.3 is 13.9 Å². The number of nitrogens with zero attached hydrogens (tertiary/aromatic N) is 3. The molecule has 2 aromatic carbocycles. The van der Waals surface area contributed by atoms with E-state index in [0.717, 1.165) is 11.3 Å². The zero-order valence-electron chi connectivity index (χ0n) is 17.4. The Kier molecular flexibility index (Phi) is 6.82. The molecule has 0 fully saturated rings. The summed E-state index contributed by atoms with van der Waals surface area (Å²) in [6, 6.07) is 16.2. The van der Waals surface area contributed by atoms with E-state index in [4.69, 9.17) is 25.5 Å². The normalized spacial score (nSPS) is 10.8. The van der Waals surface area contributed by atoms with Gasteiger partial charge in [0.1, 0.15) is 17.3 Å². The van der Waals surface area contributed by atoms with Crippen molar-refractivity contribution >= 4 is 29.1 Å². The summed E-state index contributed by atoms with van der Waals surface area (Å²) in [4.78, 5) is 13.0. The Morgan fingerprint density at radius 3 is 2.59 bits per heavy atom. The molecule has 0 amide bonds. The van der Waals surface area contributed by atoms with Gasteiger partial charge in [-0.15, -0.1) is 10.2 Å². The van der Waals surface area contributed by atoms with E-state index >= 15 is 0 Å². The van der Waals surface area contributed by atoms with E-state index in [1.165, 1.54) is 18.9 Å². The number of carbonyl (C=O) groups excluding carboxylic acids is 1. The van der Waals surface area contributed by atoms with E-state index in [0.29, 0.717) is 39.6 Å². The molecule has 0 radical (unpaired) electrons. The van der Waals surface area contributed by atoms with Gasteiger partial charge in [0.25, 0.3) is 0 Å². The molecule has 0 unspecified atom stereocenters. The second kappa shape index (κ2) is 9.93. The molecule has 0 aliphatic carbocycles. The molecule has 0 bridgehead atoms. The van der Waals surface area contributed by atoms with E-state index in [1.54, 1.807) is 43.7 Å². The summed E-state index contributed by atoms with van der Waals surface area (Å²) in [6.45, 7) is 0.428. The van der Waals surface area contributed by atoms with E-state index in [2.05, 4.69) is 10.2 Å². The van der Waals surface area contributed by atoms with Crippen LogP contribution in [0.5, 0.6) is 11.5 Å². The van der Waals surface area contributed by atoms with Crippen LogP contribution >= 0.6 is 23.4 Å². The first-order chi connectivity index (χ1) is 15.6. The van der Waals surface area contributed by atoms with Gasteiger partial charge in [0.15, 0.2) is 16.8 Å². The highest BCUT2D eigenvalue weighted by Crippen LogP contribution is 2.29. The van der Waals surface area contributed by atoms with Crippen molar-refractivity contribution < 1.29 is 18.7 Å². The van der Waals surface area contributed by atoms with Crippen LogP contribution in [0.3, 0.4) is 0 Å². The highest BCUT2D eigenvalue weighted by Gasteiger charge is 2.19. The van der Waals surface area contributed by atoms with Gasteiger partial charge in [0.2, 0.25) is 0 Å². The van der Waals surface area contributed by atoms with Gasteiger partial charge >= 0.3 is 0 Å². The average Bonchev–Trinajstić information content (AvgIpc) is 3.48. The van der Waals surface area contributed by atoms with Gasteiger partial charge in [-0.1, -0.05) is 23.4 Å². The molecule has 2 heterocycles. The van der Waals surface area contributed by atoms with Gasteiger partial charge in [0.05, 0.1) is 38.3 Å². The maximum Gasteiger partial charge on any atom is 0.192 e. The van der Waals surface area contributed by atoms with Crippen molar-refractivity contribution in [3.63, 3.8) is 0 Å². The van der Waals surface area contributed by atoms with Gasteiger partial charge in [0, 0.05) is 10.6 Å². The third-order valence-corrected chi connectivity index (χ3v) is 5.97. The summed E-state index contributed by atoms with van der Waals surface area (Å²) < 4.78 is 18.0. The van der Waals surface area contributed by atoms with Crippen LogP contribution in [0.2, 0.25) is 5.02 Å². The minimum Gasteiger partial charge on any atom is -0.497 e. The fourth-order valence-electron chi connectivity index (χ4n) is 3.15. The van der Waals surface area contributed by atoms with Crippen LogP contribution in [-0.2, 0) is 6.54 Å². The first-order valence-corrected chi connectivity index (χ1v) is 11.0. The lowest BCUT2D eigenvalue weighted by atomic mass is 10.1. The lowest BCUT2D eigenvalue weighted by Gasteiger charge is -2.11. The van der Waals surface area contributed by atoms with Crippen molar-refractivity contribution in [2.45, 2.75) is 11.7 Å². The Labute approximate surface area is 194 Å². The highest BCUT2D eigenvalue weighted by atomic mass is 35.5. The standard InChI is InChI=1S/C23H20ClN3O4S/c1-29-17-9-10-21(30-2)19(12-17)20(28)14-32-23-26-25-22(15-5-7-16(24)8-6-15)27(23)13-18-4-3-11-31-18/h3-12H,13-14H2,1-2H3. The number of furan rings is 1. The molecule has 7 nitrogen and oxygen atoms in total. The van der Waals surface area contributed by atoms with E-state index in [9.17, 15) is 4.79 Å². The van der Waals surface area contributed by atoms with Crippen LogP contribution in [-0.4, -0.2) is 40.5 Å². The Bertz CT molecular complexity index is 1210. The summed E-state index contributed by atoms with van der Waals surface area (Å²) in [6.07, 6.45) is 1.62. The number of hydrogen-bond donors (Lipinski definition) is 0. The van der Waals surface area contributed by atoms with Crippen LogP contribution in [0.25, 0.3) is 11.4 Å². The number of rotatable bonds is 9. The fourth-order valence-corrected chi connectivity index (χ4v) is 4.10. The number of Topliss-reactive ketones (excluding diaryl/α,β-unsaturated/α-hetero) is 1. The Hall–Kier alpha value is -3.23. The summed E-state index contributed by atoms with van der Waals surface area (Å²) in [5.41, 5.74) is 1.32. The number of halogens is 1. The van der Waals surface area contributed by atoms with Crippen LogP contribution in [0.1, 0.15) is 16.1 Å². The second-order valence-electron chi connectivity index (χ2n) is 6.76. The Morgan fingerprint density at radius 2 is 1.91 bits per heavy atom. The predicted molar refractivity (Wildman–Crippen MR) is 123 cm³/mol. The molecule has 4 aromatic rings. The van der Waals surface area contributed by atoms with Crippen LogP contribution in [0.4, 0.5) is 0 Å². The predicted octanol–water partition coefficient (Wildman–Crippen LogP) is 5.23. The largest absolute Gasteiger partial charge is 0.497 e. The molecule has 2 aromatic heterocycles. The molecule has 0 spiro atoms. The molecular weight excluding hydrogens is 450 g/mol. The number of hydrogen-bond acceptors (Lipinski definition) is 7. The second-order valence-corrected chi connectivity index (χ2v) is 8.14. The molecule has 0 saturated heterocycles. The third kappa shape index (κ3) is 4.81. The molecule has 32 heavy (non-hydrogen) atoms. The highest BCUT2D eigenvalue weighted by molar-refractivity contribution is 7.99. The van der Waals surface area contributed by atoms with E-state index in [1.807, 2.05) is 28.8 Å². The van der Waals surface area contributed by atoms with Crippen molar-refractivity contribution in [1.29, 1.82) is 0 Å². The monoisotopic (exact) mass is 469 g/mol. The summed E-state index contributed by atoms with van der Waals surface area (Å²) >= 11 is 7.33. The van der Waals surface area contributed by atoms with E-state index < -0.39 is 0 Å². The molecule has 0 N–H and O–H groups in total. The van der Waals surface area contributed by atoms with E-state index in [-0.39, 0.29) is 11.5 Å². The molecule has 164 valence electrons. The molecular formula is C23H20ClN3O4S. The first kappa shape index (κ1) is 22.0. The maximum absolute atomic E-state index is 13.0. The van der Waals surface area contributed by atoms with Crippen molar-refractivity contribution in [1.82, 2.24) is 14.8 Å². The first-order valence-electron chi connectivity index (χ1n) is 9.68. The molecule has 9 heteroatoms. The third-order valence-electron chi connectivity index (χ3n) is 4.75. The quantitative estimate of drug-likeness (QED) is 0.245. The number of benzene rings is 2. The van der Waals surface area contributed by atoms with Gasteiger partial charge in [-0.25, -0.2) is 0 Å². The molecule has 0 saturated carbocycles. The lowest BCUT2D eigenvalue weighted by molar-refractivity contribution is 0.101. The minimum atomic E-state index is -0.105. The number of methoxy groups -OCH3 is 2. The lowest BCUT2D eigenvalue weighted by Crippen LogP contribution is -2.08. The molecule has 0 atom stereocenters. The van der Waals surface area contributed by atoms with Gasteiger partial charge in [-0.3, -0.25) is 9.36 Å². The smallest absolute Gasteiger partial charge is 0.192 e. The average molecular weight is 470 g/mol. The van der Waals surface area contributed by atoms with Crippen molar-refractivity contribution in [3.8, 4) is 22.9 Å². The Morgan fingerprint density at radius 1 is 1.09 bits per heavy atom. The number of ketones is 1. The van der Waals surface area contributed by atoms with Gasteiger partial charge in [-0.05, 0) is 54.6 Å².